The van der Waals surface area contributed by atoms with Gasteiger partial charge in [-0.05, 0) is 44.9 Å². The van der Waals surface area contributed by atoms with Crippen molar-refractivity contribution in [3.8, 4) is 10.6 Å². The number of piperidine rings is 1. The van der Waals surface area contributed by atoms with Gasteiger partial charge in [0.25, 0.3) is 5.91 Å². The van der Waals surface area contributed by atoms with E-state index in [1.54, 1.807) is 11.8 Å². The Morgan fingerprint density at radius 2 is 2.05 bits per heavy atom. The third-order valence-corrected chi connectivity index (χ3v) is 8.55. The number of nitrogens with zero attached hydrogens (tertiary/aromatic N) is 4. The van der Waals surface area contributed by atoms with E-state index < -0.39 is 11.7 Å². The van der Waals surface area contributed by atoms with Crippen molar-refractivity contribution in [2.75, 3.05) is 43.5 Å². The molecule has 3 aromatic rings. The van der Waals surface area contributed by atoms with Crippen LogP contribution in [0.25, 0.3) is 10.6 Å². The van der Waals surface area contributed by atoms with Crippen LogP contribution in [0.2, 0.25) is 5.02 Å². The minimum Gasteiger partial charge on any atom is -0.466 e. The highest BCUT2D eigenvalue weighted by atomic mass is 35.5. The van der Waals surface area contributed by atoms with Gasteiger partial charge in [0.05, 0.1) is 33.7 Å². The Morgan fingerprint density at radius 1 is 1.31 bits per heavy atom. The van der Waals surface area contributed by atoms with E-state index in [0.29, 0.717) is 55.2 Å². The average molecular weight is 594 g/mol. The highest BCUT2D eigenvalue weighted by molar-refractivity contribution is 7.17. The summed E-state index contributed by atoms with van der Waals surface area (Å²) < 4.78 is 20.1. The van der Waals surface area contributed by atoms with Crippen molar-refractivity contribution in [2.24, 2.45) is 11.8 Å². The molecule has 1 amide bonds. The van der Waals surface area contributed by atoms with Gasteiger partial charge in [0, 0.05) is 42.6 Å². The summed E-state index contributed by atoms with van der Waals surface area (Å²) in [5, 5.41) is 5.74. The van der Waals surface area contributed by atoms with Gasteiger partial charge in [-0.1, -0.05) is 36.8 Å². The summed E-state index contributed by atoms with van der Waals surface area (Å²) in [6.07, 6.45) is 2.51. The number of carbonyl (C=O) groups is 2. The molecule has 1 aliphatic heterocycles. The molecule has 1 saturated heterocycles. The van der Waals surface area contributed by atoms with E-state index in [2.05, 4.69) is 36.1 Å². The molecule has 4 heterocycles. The molecule has 1 aliphatic rings. The molecule has 0 aliphatic carbocycles. The molecular weight excluding hydrogens is 561 g/mol. The molecule has 1 N–H and O–H groups in total. The second-order valence-electron chi connectivity index (χ2n) is 10.0. The number of halogens is 2. The number of thiazole rings is 1. The molecule has 12 heteroatoms. The SMILES string of the molecule is CCOC(=O)C1CCN(c2ncc(C(=O)Nc3nc(-c4cc(Cl)cs4)c(CN(C)CC(C)C)s3)cc2F)CC1. The first-order valence-electron chi connectivity index (χ1n) is 13.0. The van der Waals surface area contributed by atoms with E-state index in [9.17, 15) is 9.59 Å². The number of ether oxygens (including phenoxy) is 1. The molecule has 0 unspecified atom stereocenters. The van der Waals surface area contributed by atoms with Crippen molar-refractivity contribution in [1.82, 2.24) is 14.9 Å². The second-order valence-corrected chi connectivity index (χ2v) is 12.4. The number of rotatable bonds is 10. The van der Waals surface area contributed by atoms with Crippen molar-refractivity contribution in [3.63, 3.8) is 0 Å². The maximum atomic E-state index is 15.0. The van der Waals surface area contributed by atoms with Crippen LogP contribution in [-0.4, -0.2) is 60.0 Å². The van der Waals surface area contributed by atoms with Gasteiger partial charge in [0.1, 0.15) is 0 Å². The van der Waals surface area contributed by atoms with Crippen LogP contribution in [0.4, 0.5) is 15.3 Å². The van der Waals surface area contributed by atoms with Gasteiger partial charge < -0.3 is 14.5 Å². The maximum absolute atomic E-state index is 15.0. The lowest BCUT2D eigenvalue weighted by molar-refractivity contribution is -0.148. The molecule has 4 rings (SSSR count). The van der Waals surface area contributed by atoms with Crippen molar-refractivity contribution in [3.05, 3.63) is 45.0 Å². The van der Waals surface area contributed by atoms with Crippen molar-refractivity contribution in [2.45, 2.75) is 40.2 Å². The zero-order valence-corrected chi connectivity index (χ0v) is 24.9. The summed E-state index contributed by atoms with van der Waals surface area (Å²) >= 11 is 9.06. The topological polar surface area (TPSA) is 87.7 Å². The number of amides is 1. The van der Waals surface area contributed by atoms with Crippen molar-refractivity contribution < 1.29 is 18.7 Å². The summed E-state index contributed by atoms with van der Waals surface area (Å²) in [4.78, 5) is 39.9. The minimum absolute atomic E-state index is 0.104. The van der Waals surface area contributed by atoms with Gasteiger partial charge in [-0.3, -0.25) is 14.9 Å². The van der Waals surface area contributed by atoms with E-state index in [0.717, 1.165) is 22.0 Å². The number of nitrogens with one attached hydrogen (secondary N) is 1. The largest absolute Gasteiger partial charge is 0.466 e. The predicted molar refractivity (Wildman–Crippen MR) is 155 cm³/mol. The molecule has 0 aromatic carbocycles. The molecule has 0 atom stereocenters. The molecule has 3 aromatic heterocycles. The lowest BCUT2D eigenvalue weighted by Gasteiger charge is -2.31. The van der Waals surface area contributed by atoms with Gasteiger partial charge in [-0.25, -0.2) is 14.4 Å². The Labute approximate surface area is 241 Å². The third-order valence-electron chi connectivity index (χ3n) is 6.31. The molecule has 0 radical (unpaired) electrons. The molecule has 210 valence electrons. The van der Waals surface area contributed by atoms with Gasteiger partial charge >= 0.3 is 5.97 Å². The highest BCUT2D eigenvalue weighted by Crippen LogP contribution is 2.37. The van der Waals surface area contributed by atoms with Crippen molar-refractivity contribution in [1.29, 1.82) is 0 Å². The Kier molecular flexibility index (Phi) is 9.92. The first-order valence-corrected chi connectivity index (χ1v) is 15.0. The Morgan fingerprint density at radius 3 is 2.67 bits per heavy atom. The third kappa shape index (κ3) is 7.53. The van der Waals surface area contributed by atoms with Gasteiger partial charge in [0.2, 0.25) is 0 Å². The van der Waals surface area contributed by atoms with Crippen LogP contribution in [0.3, 0.4) is 0 Å². The predicted octanol–water partition coefficient (Wildman–Crippen LogP) is 6.18. The number of thiophene rings is 1. The lowest BCUT2D eigenvalue weighted by atomic mass is 9.97. The van der Waals surface area contributed by atoms with Crippen LogP contribution >= 0.6 is 34.3 Å². The summed E-state index contributed by atoms with van der Waals surface area (Å²) in [6.45, 7) is 9.03. The van der Waals surface area contributed by atoms with Gasteiger partial charge in [-0.2, -0.15) is 0 Å². The number of hydrogen-bond donors (Lipinski definition) is 1. The molecule has 1 fully saturated rings. The Bertz CT molecular complexity index is 1310. The number of anilines is 2. The number of pyridine rings is 1. The van der Waals surface area contributed by atoms with E-state index in [-0.39, 0.29) is 23.3 Å². The van der Waals surface area contributed by atoms with Crippen LogP contribution in [0.1, 0.15) is 48.8 Å². The number of hydrogen-bond acceptors (Lipinski definition) is 9. The standard InChI is InChI=1S/C27H33ClFN5O3S2/c1-5-37-26(36)17-6-8-34(9-7-17)24-20(29)10-18(12-30-24)25(35)32-27-31-23(21-11-19(28)15-38-21)22(39-27)14-33(4)13-16(2)3/h10-12,15-17H,5-9,13-14H2,1-4H3,(H,31,32,35). The fraction of sp³-hybridized carbons (Fsp3) is 0.481. The Balaban J connectivity index is 1.46. The zero-order chi connectivity index (χ0) is 28.1. The van der Waals surface area contributed by atoms with Gasteiger partial charge in [-0.15, -0.1) is 11.3 Å². The lowest BCUT2D eigenvalue weighted by Crippen LogP contribution is -2.38. The normalized spacial score (nSPS) is 14.3. The fourth-order valence-electron chi connectivity index (χ4n) is 4.62. The Hall–Kier alpha value is -2.60. The monoisotopic (exact) mass is 593 g/mol. The molecule has 0 saturated carbocycles. The molecular formula is C27H33ClFN5O3S2. The summed E-state index contributed by atoms with van der Waals surface area (Å²) in [5.41, 5.74) is 0.890. The first-order chi connectivity index (χ1) is 18.6. The zero-order valence-electron chi connectivity index (χ0n) is 22.5. The molecule has 0 bridgehead atoms. The van der Waals surface area contributed by atoms with Crippen LogP contribution < -0.4 is 10.2 Å². The second kappa shape index (κ2) is 13.2. The first kappa shape index (κ1) is 29.4. The number of esters is 1. The van der Waals surface area contributed by atoms with Crippen LogP contribution in [-0.2, 0) is 16.1 Å². The number of aromatic nitrogens is 2. The molecule has 8 nitrogen and oxygen atoms in total. The van der Waals surface area contributed by atoms with Crippen molar-refractivity contribution >= 4 is 57.1 Å². The fourth-order valence-corrected chi connectivity index (χ4v) is 6.83. The summed E-state index contributed by atoms with van der Waals surface area (Å²) in [5.74, 6) is -0.772. The maximum Gasteiger partial charge on any atom is 0.309 e. The summed E-state index contributed by atoms with van der Waals surface area (Å²) in [6, 6.07) is 3.06. The average Bonchev–Trinajstić information content (AvgIpc) is 3.49. The van der Waals surface area contributed by atoms with Crippen LogP contribution in [0.5, 0.6) is 0 Å². The van der Waals surface area contributed by atoms with Crippen LogP contribution in [0, 0.1) is 17.7 Å². The molecule has 39 heavy (non-hydrogen) atoms. The van der Waals surface area contributed by atoms with E-state index in [4.69, 9.17) is 21.3 Å². The van der Waals surface area contributed by atoms with Crippen LogP contribution in [0.15, 0.2) is 23.7 Å². The van der Waals surface area contributed by atoms with E-state index >= 15 is 4.39 Å². The number of carbonyl (C=O) groups excluding carboxylic acids is 2. The van der Waals surface area contributed by atoms with Gasteiger partial charge in [0.15, 0.2) is 16.8 Å². The minimum atomic E-state index is -0.582. The molecule has 0 spiro atoms. The summed E-state index contributed by atoms with van der Waals surface area (Å²) in [7, 11) is 2.05. The smallest absolute Gasteiger partial charge is 0.309 e. The highest BCUT2D eigenvalue weighted by Gasteiger charge is 2.28. The van der Waals surface area contributed by atoms with E-state index in [1.807, 2.05) is 11.4 Å². The quantitative estimate of drug-likeness (QED) is 0.281. The van der Waals surface area contributed by atoms with E-state index in [1.165, 1.54) is 34.9 Å².